The maximum Gasteiger partial charge on any atom is 0.230 e. The van der Waals surface area contributed by atoms with Gasteiger partial charge in [-0.15, -0.1) is 0 Å². The van der Waals surface area contributed by atoms with Crippen LogP contribution in [0.25, 0.3) is 0 Å². The van der Waals surface area contributed by atoms with E-state index in [1.54, 1.807) is 18.5 Å². The van der Waals surface area contributed by atoms with Crippen LogP contribution in [-0.4, -0.2) is 35.0 Å². The van der Waals surface area contributed by atoms with Gasteiger partial charge in [0.15, 0.2) is 0 Å². The van der Waals surface area contributed by atoms with E-state index in [9.17, 15) is 4.79 Å². The summed E-state index contributed by atoms with van der Waals surface area (Å²) < 4.78 is 5.98. The van der Waals surface area contributed by atoms with Crippen LogP contribution in [-0.2, 0) is 4.79 Å². The summed E-state index contributed by atoms with van der Waals surface area (Å²) in [7, 11) is 0. The highest BCUT2D eigenvalue weighted by Crippen LogP contribution is 2.28. The summed E-state index contributed by atoms with van der Waals surface area (Å²) in [5.41, 5.74) is 1.09. The van der Waals surface area contributed by atoms with Gasteiger partial charge in [0.25, 0.3) is 0 Å². The number of hydrogen-bond donors (Lipinski definition) is 0. The monoisotopic (exact) mass is 358 g/mol. The maximum atomic E-state index is 12.9. The molecule has 2 aromatic rings. The number of piperidine rings is 1. The van der Waals surface area contributed by atoms with E-state index in [0.717, 1.165) is 37.9 Å². The number of pyridine rings is 1. The Kier molecular flexibility index (Phi) is 5.92. The molecule has 5 heteroatoms. The van der Waals surface area contributed by atoms with Crippen LogP contribution in [0.1, 0.15) is 37.7 Å². The molecule has 0 spiro atoms. The van der Waals surface area contributed by atoms with E-state index in [-0.39, 0.29) is 17.9 Å². The minimum absolute atomic E-state index is 0.0617. The first-order valence-corrected chi connectivity index (χ1v) is 9.16. The lowest BCUT2D eigenvalue weighted by molar-refractivity contribution is -0.134. The molecule has 3 rings (SSSR count). The molecule has 1 amide bonds. The van der Waals surface area contributed by atoms with Crippen molar-refractivity contribution in [3.05, 3.63) is 59.4 Å². The van der Waals surface area contributed by atoms with E-state index in [4.69, 9.17) is 16.3 Å². The minimum atomic E-state index is -0.0617. The van der Waals surface area contributed by atoms with Gasteiger partial charge in [-0.25, -0.2) is 0 Å². The molecule has 1 aliphatic rings. The van der Waals surface area contributed by atoms with E-state index < -0.39 is 0 Å². The first-order chi connectivity index (χ1) is 12.2. The second-order valence-electron chi connectivity index (χ2n) is 6.32. The molecule has 1 aromatic carbocycles. The predicted octanol–water partition coefficient (Wildman–Crippen LogP) is 4.30. The Labute approximate surface area is 153 Å². The van der Waals surface area contributed by atoms with Crippen molar-refractivity contribution in [3.63, 3.8) is 0 Å². The van der Waals surface area contributed by atoms with Gasteiger partial charge in [-0.05, 0) is 12.0 Å². The van der Waals surface area contributed by atoms with Crippen molar-refractivity contribution < 1.29 is 9.53 Å². The average molecular weight is 359 g/mol. The van der Waals surface area contributed by atoms with Crippen molar-refractivity contribution in [2.75, 3.05) is 13.1 Å². The van der Waals surface area contributed by atoms with Crippen LogP contribution < -0.4 is 4.74 Å². The first-order valence-electron chi connectivity index (χ1n) is 8.79. The van der Waals surface area contributed by atoms with E-state index in [0.29, 0.717) is 10.8 Å². The number of halogens is 1. The highest BCUT2D eigenvalue weighted by molar-refractivity contribution is 6.31. The predicted molar refractivity (Wildman–Crippen MR) is 99.0 cm³/mol. The number of carbonyl (C=O) groups is 1. The second-order valence-corrected chi connectivity index (χ2v) is 6.73. The summed E-state index contributed by atoms with van der Waals surface area (Å²) in [5.74, 6) is 0.819. The zero-order valence-electron chi connectivity index (χ0n) is 14.4. The Hall–Kier alpha value is -2.07. The molecule has 1 aromatic heterocycles. The van der Waals surface area contributed by atoms with Gasteiger partial charge in [-0.2, -0.15) is 0 Å². The number of likely N-dealkylation sites (tertiary alicyclic amines) is 1. The molecule has 0 aliphatic carbocycles. The van der Waals surface area contributed by atoms with Gasteiger partial charge in [-0.3, -0.25) is 9.78 Å². The number of amides is 1. The van der Waals surface area contributed by atoms with Crippen LogP contribution in [0.5, 0.6) is 5.75 Å². The summed E-state index contributed by atoms with van der Waals surface area (Å²) in [6, 6.07) is 11.8. The van der Waals surface area contributed by atoms with Crippen LogP contribution in [0, 0.1) is 0 Å². The minimum Gasteiger partial charge on any atom is -0.489 e. The zero-order valence-corrected chi connectivity index (χ0v) is 15.2. The van der Waals surface area contributed by atoms with Crippen LogP contribution >= 0.6 is 11.6 Å². The highest BCUT2D eigenvalue weighted by atomic mass is 35.5. The van der Waals surface area contributed by atoms with Crippen molar-refractivity contribution in [1.29, 1.82) is 0 Å². The van der Waals surface area contributed by atoms with E-state index in [1.807, 2.05) is 35.2 Å². The number of benzene rings is 1. The standard InChI is InChI=1S/C20H23ClN2O2/c1-2-17(15-6-4-3-5-7-15)20(24)23-12-9-16(10-13-23)25-19-8-11-22-14-18(19)21/h3-8,11,14,16-17H,2,9-10,12-13H2,1H3. The third kappa shape index (κ3) is 4.31. The molecule has 1 saturated heterocycles. The van der Waals surface area contributed by atoms with Gasteiger partial charge in [0.05, 0.1) is 5.92 Å². The Morgan fingerprint density at radius 2 is 2.00 bits per heavy atom. The number of carbonyl (C=O) groups excluding carboxylic acids is 1. The molecule has 0 radical (unpaired) electrons. The van der Waals surface area contributed by atoms with Gasteiger partial charge >= 0.3 is 0 Å². The van der Waals surface area contributed by atoms with Gasteiger partial charge in [0.2, 0.25) is 5.91 Å². The van der Waals surface area contributed by atoms with Crippen molar-refractivity contribution >= 4 is 17.5 Å². The van der Waals surface area contributed by atoms with Gasteiger partial charge in [0.1, 0.15) is 16.9 Å². The van der Waals surface area contributed by atoms with Crippen LogP contribution in [0.3, 0.4) is 0 Å². The molecule has 1 fully saturated rings. The van der Waals surface area contributed by atoms with Gasteiger partial charge < -0.3 is 9.64 Å². The van der Waals surface area contributed by atoms with Crippen molar-refractivity contribution in [2.45, 2.75) is 38.2 Å². The lowest BCUT2D eigenvalue weighted by atomic mass is 9.94. The summed E-state index contributed by atoms with van der Waals surface area (Å²) in [5, 5.41) is 0.524. The van der Waals surface area contributed by atoms with Crippen molar-refractivity contribution in [3.8, 4) is 5.75 Å². The van der Waals surface area contributed by atoms with E-state index in [2.05, 4.69) is 11.9 Å². The van der Waals surface area contributed by atoms with E-state index in [1.165, 1.54) is 0 Å². The number of aromatic nitrogens is 1. The van der Waals surface area contributed by atoms with Crippen LogP contribution in [0.15, 0.2) is 48.8 Å². The number of hydrogen-bond acceptors (Lipinski definition) is 3. The SMILES string of the molecule is CCC(C(=O)N1CCC(Oc2ccncc2Cl)CC1)c1ccccc1. The summed E-state index contributed by atoms with van der Waals surface area (Å²) >= 11 is 6.10. The van der Waals surface area contributed by atoms with Crippen LogP contribution in [0.4, 0.5) is 0 Å². The summed E-state index contributed by atoms with van der Waals surface area (Å²) in [6.45, 7) is 3.50. The molecular weight excluding hydrogens is 336 g/mol. The number of ether oxygens (including phenoxy) is 1. The molecule has 0 N–H and O–H groups in total. The van der Waals surface area contributed by atoms with E-state index >= 15 is 0 Å². The third-order valence-electron chi connectivity index (χ3n) is 4.69. The molecule has 1 aliphatic heterocycles. The molecule has 25 heavy (non-hydrogen) atoms. The lowest BCUT2D eigenvalue weighted by Gasteiger charge is -2.34. The molecule has 1 unspecified atom stereocenters. The fraction of sp³-hybridized carbons (Fsp3) is 0.400. The second kappa shape index (κ2) is 8.34. The lowest BCUT2D eigenvalue weighted by Crippen LogP contribution is -2.43. The highest BCUT2D eigenvalue weighted by Gasteiger charge is 2.29. The van der Waals surface area contributed by atoms with Crippen LogP contribution in [0.2, 0.25) is 5.02 Å². The first kappa shape index (κ1) is 17.7. The molecule has 0 saturated carbocycles. The molecule has 2 heterocycles. The Bertz CT molecular complexity index is 700. The quantitative estimate of drug-likeness (QED) is 0.800. The Morgan fingerprint density at radius 3 is 2.64 bits per heavy atom. The smallest absolute Gasteiger partial charge is 0.230 e. The third-order valence-corrected chi connectivity index (χ3v) is 4.97. The zero-order chi connectivity index (χ0) is 17.6. The average Bonchev–Trinajstić information content (AvgIpc) is 2.66. The fourth-order valence-electron chi connectivity index (χ4n) is 3.29. The molecule has 132 valence electrons. The summed E-state index contributed by atoms with van der Waals surface area (Å²) in [6.07, 6.45) is 5.78. The Balaban J connectivity index is 1.58. The van der Waals surface area contributed by atoms with Crippen molar-refractivity contribution in [2.24, 2.45) is 0 Å². The van der Waals surface area contributed by atoms with Gasteiger partial charge in [0, 0.05) is 44.4 Å². The molecule has 1 atom stereocenters. The number of rotatable bonds is 5. The van der Waals surface area contributed by atoms with Crippen molar-refractivity contribution in [1.82, 2.24) is 9.88 Å². The van der Waals surface area contributed by atoms with Gasteiger partial charge in [-0.1, -0.05) is 48.9 Å². The maximum absolute atomic E-state index is 12.9. The molecule has 4 nitrogen and oxygen atoms in total. The molecular formula is C20H23ClN2O2. The normalized spacial score (nSPS) is 16.5. The molecule has 0 bridgehead atoms. The topological polar surface area (TPSA) is 42.4 Å². The largest absolute Gasteiger partial charge is 0.489 e. The number of nitrogens with zero attached hydrogens (tertiary/aromatic N) is 2. The Morgan fingerprint density at radius 1 is 1.28 bits per heavy atom. The fourth-order valence-corrected chi connectivity index (χ4v) is 3.45. The summed E-state index contributed by atoms with van der Waals surface area (Å²) in [4.78, 5) is 18.8.